The Morgan fingerprint density at radius 2 is 2.21 bits per heavy atom. The molecule has 5 heteroatoms. The molecule has 5 heterocycles. The van der Waals surface area contributed by atoms with Crippen LogP contribution < -0.4 is 10.6 Å². The number of piperidine rings is 3. The molecule has 19 heavy (non-hydrogen) atoms. The van der Waals surface area contributed by atoms with Gasteiger partial charge in [-0.3, -0.25) is 4.98 Å². The van der Waals surface area contributed by atoms with Gasteiger partial charge in [-0.15, -0.1) is 0 Å². The molecule has 0 aromatic carbocycles. The standard InChI is InChI=1S/C14H19N5/c1-4-14(10-19-7-2-11(14)3-8-19)18-12(1)17-13-9-15-5-6-16-13/h1,5-6,9,11,18H,2-4,7-8,10H2,(H,16,17). The molecule has 0 aliphatic carbocycles. The predicted octanol–water partition coefficient (Wildman–Crippen LogP) is 1.19. The van der Waals surface area contributed by atoms with Gasteiger partial charge in [0.1, 0.15) is 11.6 Å². The summed E-state index contributed by atoms with van der Waals surface area (Å²) >= 11 is 0. The molecule has 3 fully saturated rings. The highest BCUT2D eigenvalue weighted by molar-refractivity contribution is 5.40. The van der Waals surface area contributed by atoms with Gasteiger partial charge in [-0.1, -0.05) is 0 Å². The van der Waals surface area contributed by atoms with Gasteiger partial charge < -0.3 is 15.5 Å². The van der Waals surface area contributed by atoms with Crippen molar-refractivity contribution in [1.29, 1.82) is 0 Å². The molecule has 5 nitrogen and oxygen atoms in total. The molecule has 1 unspecified atom stereocenters. The van der Waals surface area contributed by atoms with Crippen molar-refractivity contribution in [3.8, 4) is 0 Å². The Balaban J connectivity index is 1.48. The second-order valence-electron chi connectivity index (χ2n) is 5.87. The van der Waals surface area contributed by atoms with Crippen LogP contribution in [0.2, 0.25) is 0 Å². The second kappa shape index (κ2) is 4.20. The molecule has 4 aliphatic heterocycles. The smallest absolute Gasteiger partial charge is 0.149 e. The fourth-order valence-electron chi connectivity index (χ4n) is 3.78. The summed E-state index contributed by atoms with van der Waals surface area (Å²) in [6, 6.07) is 0. The lowest BCUT2D eigenvalue weighted by molar-refractivity contribution is 0.0189. The van der Waals surface area contributed by atoms with Gasteiger partial charge in [-0.05, 0) is 44.3 Å². The van der Waals surface area contributed by atoms with Crippen LogP contribution in [0, 0.1) is 5.92 Å². The first kappa shape index (κ1) is 11.2. The molecule has 2 bridgehead atoms. The van der Waals surface area contributed by atoms with Crippen molar-refractivity contribution in [2.75, 3.05) is 25.0 Å². The van der Waals surface area contributed by atoms with Crippen molar-refractivity contribution >= 4 is 5.82 Å². The summed E-state index contributed by atoms with van der Waals surface area (Å²) in [6.45, 7) is 3.74. The van der Waals surface area contributed by atoms with E-state index in [1.807, 2.05) is 0 Å². The highest BCUT2D eigenvalue weighted by Gasteiger charge is 2.48. The number of nitrogens with zero attached hydrogens (tertiary/aromatic N) is 3. The molecule has 5 rings (SSSR count). The Hall–Kier alpha value is -1.62. The van der Waals surface area contributed by atoms with Gasteiger partial charge in [-0.25, -0.2) is 4.98 Å². The van der Waals surface area contributed by atoms with Crippen LogP contribution in [0.1, 0.15) is 19.3 Å². The lowest BCUT2D eigenvalue weighted by Gasteiger charge is -2.52. The summed E-state index contributed by atoms with van der Waals surface area (Å²) in [5.74, 6) is 2.71. The van der Waals surface area contributed by atoms with Crippen LogP contribution in [0.5, 0.6) is 0 Å². The predicted molar refractivity (Wildman–Crippen MR) is 73.4 cm³/mol. The maximum Gasteiger partial charge on any atom is 0.149 e. The number of aromatic nitrogens is 2. The summed E-state index contributed by atoms with van der Waals surface area (Å²) in [6.07, 6.45) is 11.2. The summed E-state index contributed by atoms with van der Waals surface area (Å²) in [7, 11) is 0. The summed E-state index contributed by atoms with van der Waals surface area (Å²) in [5.41, 5.74) is 0.265. The fraction of sp³-hybridized carbons (Fsp3) is 0.571. The largest absolute Gasteiger partial charge is 0.365 e. The third-order valence-electron chi connectivity index (χ3n) is 4.75. The maximum absolute atomic E-state index is 4.26. The number of nitrogens with one attached hydrogen (secondary N) is 2. The van der Waals surface area contributed by atoms with Gasteiger partial charge >= 0.3 is 0 Å². The average molecular weight is 257 g/mol. The molecule has 100 valence electrons. The topological polar surface area (TPSA) is 53.1 Å². The van der Waals surface area contributed by atoms with Crippen LogP contribution in [0.25, 0.3) is 0 Å². The Labute approximate surface area is 113 Å². The SMILES string of the molecule is C1=C(Nc2cnccn2)NC2(C1)CN1CCC2CC1. The molecule has 2 N–H and O–H groups in total. The lowest BCUT2D eigenvalue weighted by Crippen LogP contribution is -2.64. The number of fused-ring (bicyclic) bond motifs is 2. The zero-order chi connectivity index (χ0) is 12.7. The first-order valence-electron chi connectivity index (χ1n) is 7.08. The molecule has 0 radical (unpaired) electrons. The van der Waals surface area contributed by atoms with Crippen molar-refractivity contribution in [3.05, 3.63) is 30.5 Å². The van der Waals surface area contributed by atoms with E-state index < -0.39 is 0 Å². The quantitative estimate of drug-likeness (QED) is 0.833. The van der Waals surface area contributed by atoms with Crippen LogP contribution in [0.3, 0.4) is 0 Å². The minimum Gasteiger partial charge on any atom is -0.365 e. The molecule has 4 aliphatic rings. The summed E-state index contributed by atoms with van der Waals surface area (Å²) in [4.78, 5) is 10.9. The number of hydrogen-bond donors (Lipinski definition) is 2. The molecular formula is C14H19N5. The minimum atomic E-state index is 0.265. The van der Waals surface area contributed by atoms with Crippen LogP contribution in [0.15, 0.2) is 30.5 Å². The summed E-state index contributed by atoms with van der Waals surface area (Å²) in [5, 5.41) is 7.06. The van der Waals surface area contributed by atoms with Crippen molar-refractivity contribution in [1.82, 2.24) is 20.2 Å². The van der Waals surface area contributed by atoms with Gasteiger partial charge in [0.2, 0.25) is 0 Å². The molecule has 1 aromatic heterocycles. The Morgan fingerprint density at radius 3 is 2.89 bits per heavy atom. The molecule has 1 spiro atoms. The van der Waals surface area contributed by atoms with Crippen molar-refractivity contribution in [2.24, 2.45) is 5.92 Å². The van der Waals surface area contributed by atoms with E-state index in [9.17, 15) is 0 Å². The molecule has 1 aromatic rings. The zero-order valence-electron chi connectivity index (χ0n) is 11.0. The highest BCUT2D eigenvalue weighted by Crippen LogP contribution is 2.41. The number of anilines is 1. The van der Waals surface area contributed by atoms with E-state index in [1.54, 1.807) is 18.6 Å². The van der Waals surface area contributed by atoms with Crippen LogP contribution in [-0.2, 0) is 0 Å². The Bertz CT molecular complexity index is 492. The van der Waals surface area contributed by atoms with E-state index >= 15 is 0 Å². The molecule has 1 atom stereocenters. The van der Waals surface area contributed by atoms with E-state index in [0.717, 1.165) is 24.0 Å². The highest BCUT2D eigenvalue weighted by atomic mass is 15.3. The Kier molecular flexibility index (Phi) is 2.48. The van der Waals surface area contributed by atoms with Gasteiger partial charge in [0.15, 0.2) is 0 Å². The van der Waals surface area contributed by atoms with E-state index in [-0.39, 0.29) is 5.54 Å². The molecule has 3 saturated heterocycles. The molecule has 0 amide bonds. The Morgan fingerprint density at radius 1 is 1.32 bits per heavy atom. The maximum atomic E-state index is 4.26. The van der Waals surface area contributed by atoms with E-state index in [2.05, 4.69) is 31.6 Å². The van der Waals surface area contributed by atoms with Crippen molar-refractivity contribution in [2.45, 2.75) is 24.8 Å². The lowest BCUT2D eigenvalue weighted by atomic mass is 9.72. The van der Waals surface area contributed by atoms with Gasteiger partial charge in [-0.2, -0.15) is 0 Å². The third-order valence-corrected chi connectivity index (χ3v) is 4.75. The van der Waals surface area contributed by atoms with Gasteiger partial charge in [0.05, 0.1) is 11.7 Å². The average Bonchev–Trinajstić information content (AvgIpc) is 2.84. The first-order chi connectivity index (χ1) is 9.34. The monoisotopic (exact) mass is 257 g/mol. The van der Waals surface area contributed by atoms with Gasteiger partial charge in [0.25, 0.3) is 0 Å². The van der Waals surface area contributed by atoms with Crippen molar-refractivity contribution < 1.29 is 0 Å². The van der Waals surface area contributed by atoms with Crippen LogP contribution in [-0.4, -0.2) is 40.0 Å². The van der Waals surface area contributed by atoms with E-state index in [0.29, 0.717) is 0 Å². The summed E-state index contributed by atoms with van der Waals surface area (Å²) < 4.78 is 0. The number of hydrogen-bond acceptors (Lipinski definition) is 5. The van der Waals surface area contributed by atoms with Crippen LogP contribution in [0.4, 0.5) is 5.82 Å². The number of rotatable bonds is 2. The van der Waals surface area contributed by atoms with E-state index in [1.165, 1.54) is 32.5 Å². The minimum absolute atomic E-state index is 0.265. The normalized spacial score (nSPS) is 36.1. The molecule has 0 saturated carbocycles. The fourth-order valence-corrected chi connectivity index (χ4v) is 3.78. The first-order valence-corrected chi connectivity index (χ1v) is 7.08. The second-order valence-corrected chi connectivity index (χ2v) is 5.87. The van der Waals surface area contributed by atoms with E-state index in [4.69, 9.17) is 0 Å². The zero-order valence-corrected chi connectivity index (χ0v) is 11.0. The van der Waals surface area contributed by atoms with Crippen molar-refractivity contribution in [3.63, 3.8) is 0 Å². The van der Waals surface area contributed by atoms with Crippen LogP contribution >= 0.6 is 0 Å². The van der Waals surface area contributed by atoms with Gasteiger partial charge in [0, 0.05) is 18.9 Å². The molecular weight excluding hydrogens is 238 g/mol. The third kappa shape index (κ3) is 1.89.